The summed E-state index contributed by atoms with van der Waals surface area (Å²) < 4.78 is 2.03. The third kappa shape index (κ3) is 4.75. The van der Waals surface area contributed by atoms with Crippen LogP contribution in [0.2, 0.25) is 0 Å². The van der Waals surface area contributed by atoms with Gasteiger partial charge in [-0.15, -0.1) is 34.2 Å². The van der Waals surface area contributed by atoms with Crippen molar-refractivity contribution in [1.29, 1.82) is 0 Å². The fourth-order valence-electron chi connectivity index (χ4n) is 3.03. The fraction of sp³-hybridized carbons (Fsp3) is 0.562. The van der Waals surface area contributed by atoms with Gasteiger partial charge in [0.2, 0.25) is 0 Å². The Kier molecular flexibility index (Phi) is 7.60. The molecule has 0 saturated heterocycles. The molecule has 8 heteroatoms. The van der Waals surface area contributed by atoms with Gasteiger partial charge in [-0.2, -0.15) is 11.8 Å². The van der Waals surface area contributed by atoms with Crippen molar-refractivity contribution < 1.29 is 0 Å². The molecule has 3 rings (SSSR count). The van der Waals surface area contributed by atoms with Gasteiger partial charge in [-0.1, -0.05) is 6.07 Å². The van der Waals surface area contributed by atoms with Gasteiger partial charge >= 0.3 is 0 Å². The molecule has 0 aliphatic heterocycles. The van der Waals surface area contributed by atoms with Crippen LogP contribution in [0.3, 0.4) is 0 Å². The molecule has 0 amide bonds. The third-order valence-corrected chi connectivity index (χ3v) is 5.40. The van der Waals surface area contributed by atoms with Crippen molar-refractivity contribution in [2.75, 3.05) is 19.8 Å². The Morgan fingerprint density at radius 2 is 2.25 bits per heavy atom. The summed E-state index contributed by atoms with van der Waals surface area (Å²) in [4.78, 5) is 4.33. The van der Waals surface area contributed by atoms with E-state index in [4.69, 9.17) is 0 Å². The van der Waals surface area contributed by atoms with Crippen molar-refractivity contribution in [3.05, 3.63) is 30.2 Å². The lowest BCUT2D eigenvalue weighted by molar-refractivity contribution is 0.613. The topological polar surface area (TPSA) is 66.6 Å². The number of rotatable bonds is 5. The highest BCUT2D eigenvalue weighted by molar-refractivity contribution is 14.0. The Morgan fingerprint density at radius 1 is 1.38 bits per heavy atom. The quantitative estimate of drug-likeness (QED) is 0.408. The first-order chi connectivity index (χ1) is 11.3. The molecular weight excluding hydrogens is 435 g/mol. The van der Waals surface area contributed by atoms with E-state index < -0.39 is 0 Å². The van der Waals surface area contributed by atoms with Crippen molar-refractivity contribution in [3.8, 4) is 0 Å². The monoisotopic (exact) mass is 460 g/mol. The molecule has 0 bridgehead atoms. The Morgan fingerprint density at radius 3 is 3.00 bits per heavy atom. The number of fused-ring (bicyclic) bond motifs is 1. The predicted octanol–water partition coefficient (Wildman–Crippen LogP) is 2.34. The third-order valence-electron chi connectivity index (χ3n) is 4.31. The number of hydrogen-bond acceptors (Lipinski definition) is 4. The Labute approximate surface area is 164 Å². The maximum absolute atomic E-state index is 4.33. The summed E-state index contributed by atoms with van der Waals surface area (Å²) in [7, 11) is 1.82. The number of halogens is 1. The van der Waals surface area contributed by atoms with Crippen molar-refractivity contribution in [1.82, 2.24) is 25.2 Å². The minimum absolute atomic E-state index is 0. The van der Waals surface area contributed by atoms with Crippen molar-refractivity contribution in [2.24, 2.45) is 4.99 Å². The van der Waals surface area contributed by atoms with Crippen LogP contribution < -0.4 is 10.6 Å². The molecule has 0 radical (unpaired) electrons. The Hall–Kier alpha value is -1.03. The van der Waals surface area contributed by atoms with Crippen LogP contribution in [0.4, 0.5) is 0 Å². The average molecular weight is 460 g/mol. The molecule has 1 saturated carbocycles. The van der Waals surface area contributed by atoms with Crippen molar-refractivity contribution >= 4 is 47.3 Å². The van der Waals surface area contributed by atoms with E-state index in [1.54, 1.807) is 0 Å². The maximum Gasteiger partial charge on any atom is 0.191 e. The van der Waals surface area contributed by atoms with E-state index in [-0.39, 0.29) is 24.0 Å². The van der Waals surface area contributed by atoms with E-state index in [2.05, 4.69) is 32.1 Å². The number of aliphatic imine (C=N–C) groups is 1. The average Bonchev–Trinajstić information content (AvgIpc) is 3.21. The van der Waals surface area contributed by atoms with Gasteiger partial charge in [0.25, 0.3) is 0 Å². The molecule has 1 aliphatic carbocycles. The lowest BCUT2D eigenvalue weighted by Gasteiger charge is -2.17. The zero-order valence-corrected chi connectivity index (χ0v) is 17.3. The molecule has 2 aromatic heterocycles. The van der Waals surface area contributed by atoms with Crippen molar-refractivity contribution in [2.45, 2.75) is 37.0 Å². The van der Waals surface area contributed by atoms with Crippen LogP contribution >= 0.6 is 35.7 Å². The maximum atomic E-state index is 4.33. The first-order valence-corrected chi connectivity index (χ1v) is 9.37. The van der Waals surface area contributed by atoms with Crippen LogP contribution in [0, 0.1) is 0 Å². The van der Waals surface area contributed by atoms with Crippen LogP contribution in [0.1, 0.15) is 25.1 Å². The van der Waals surface area contributed by atoms with E-state index in [1.165, 1.54) is 19.3 Å². The number of pyridine rings is 1. The summed E-state index contributed by atoms with van der Waals surface area (Å²) in [6.07, 6.45) is 8.74. The lowest BCUT2D eigenvalue weighted by atomic mass is 10.2. The molecule has 2 aromatic rings. The number of hydrogen-bond donors (Lipinski definition) is 2. The van der Waals surface area contributed by atoms with E-state index >= 15 is 0 Å². The van der Waals surface area contributed by atoms with Crippen LogP contribution in [0.25, 0.3) is 5.65 Å². The highest BCUT2D eigenvalue weighted by atomic mass is 127. The van der Waals surface area contributed by atoms with Gasteiger partial charge in [0, 0.05) is 37.5 Å². The van der Waals surface area contributed by atoms with Gasteiger partial charge in [-0.05, 0) is 37.7 Å². The minimum Gasteiger partial charge on any atom is -0.356 e. The minimum atomic E-state index is 0. The van der Waals surface area contributed by atoms with Gasteiger partial charge < -0.3 is 10.6 Å². The number of nitrogens with zero attached hydrogens (tertiary/aromatic N) is 4. The zero-order chi connectivity index (χ0) is 16.1. The van der Waals surface area contributed by atoms with E-state index in [0.29, 0.717) is 6.04 Å². The Balaban J connectivity index is 0.00000208. The smallest absolute Gasteiger partial charge is 0.191 e. The summed E-state index contributed by atoms with van der Waals surface area (Å²) in [5.41, 5.74) is 0.888. The molecule has 1 aliphatic rings. The molecule has 2 N–H and O–H groups in total. The number of thioether (sulfide) groups is 1. The van der Waals surface area contributed by atoms with E-state index in [0.717, 1.165) is 35.6 Å². The molecular formula is C16H25IN6S. The molecule has 6 nitrogen and oxygen atoms in total. The number of nitrogens with one attached hydrogen (secondary N) is 2. The predicted molar refractivity (Wildman–Crippen MR) is 112 cm³/mol. The fourth-order valence-corrected chi connectivity index (χ4v) is 3.82. The highest BCUT2D eigenvalue weighted by Gasteiger charge is 2.24. The summed E-state index contributed by atoms with van der Waals surface area (Å²) in [6.45, 7) is 0.786. The molecule has 2 heterocycles. The summed E-state index contributed by atoms with van der Waals surface area (Å²) >= 11 is 1.97. The normalized spacial score (nSPS) is 20.8. The summed E-state index contributed by atoms with van der Waals surface area (Å²) in [5.74, 6) is 1.84. The summed E-state index contributed by atoms with van der Waals surface area (Å²) in [5, 5.41) is 16.1. The molecule has 132 valence electrons. The standard InChI is InChI=1S/C16H24N6S.HI/c1-17-16(19-12-6-7-13(11-12)23-2)18-9-8-15-21-20-14-5-3-4-10-22(14)15;/h3-5,10,12-13H,6-9,11H2,1-2H3,(H2,17,18,19);1H. The second-order valence-electron chi connectivity index (χ2n) is 5.81. The van der Waals surface area contributed by atoms with Gasteiger partial charge in [0.05, 0.1) is 0 Å². The first kappa shape index (κ1) is 19.3. The van der Waals surface area contributed by atoms with Crippen LogP contribution in [0.5, 0.6) is 0 Å². The molecule has 1 fully saturated rings. The second-order valence-corrected chi connectivity index (χ2v) is 6.94. The van der Waals surface area contributed by atoms with Gasteiger partial charge in [0.15, 0.2) is 11.6 Å². The van der Waals surface area contributed by atoms with Crippen molar-refractivity contribution in [3.63, 3.8) is 0 Å². The zero-order valence-electron chi connectivity index (χ0n) is 14.1. The molecule has 24 heavy (non-hydrogen) atoms. The van der Waals surface area contributed by atoms with E-state index in [9.17, 15) is 0 Å². The second kappa shape index (κ2) is 9.45. The number of guanidine groups is 1. The largest absolute Gasteiger partial charge is 0.356 e. The van der Waals surface area contributed by atoms with Gasteiger partial charge in [-0.3, -0.25) is 9.39 Å². The molecule has 2 unspecified atom stereocenters. The van der Waals surface area contributed by atoms with Gasteiger partial charge in [0.1, 0.15) is 5.82 Å². The first-order valence-electron chi connectivity index (χ1n) is 8.08. The van der Waals surface area contributed by atoms with Crippen LogP contribution in [-0.2, 0) is 6.42 Å². The van der Waals surface area contributed by atoms with Crippen LogP contribution in [-0.4, -0.2) is 51.7 Å². The highest BCUT2D eigenvalue weighted by Crippen LogP contribution is 2.27. The van der Waals surface area contributed by atoms with Gasteiger partial charge in [-0.25, -0.2) is 0 Å². The Bertz CT molecular complexity index is 673. The van der Waals surface area contributed by atoms with Crippen LogP contribution in [0.15, 0.2) is 29.4 Å². The molecule has 0 aromatic carbocycles. The SMILES string of the molecule is CN=C(NCCc1nnc2ccccn12)NC1CCC(SC)C1.I. The lowest BCUT2D eigenvalue weighted by Crippen LogP contribution is -2.43. The molecule has 2 atom stereocenters. The number of aromatic nitrogens is 3. The van der Waals surface area contributed by atoms with E-state index in [1.807, 2.05) is 47.6 Å². The summed E-state index contributed by atoms with van der Waals surface area (Å²) in [6, 6.07) is 6.47. The molecule has 0 spiro atoms.